The number of hydrogen-bond donors (Lipinski definition) is 0. The SMILES string of the molecule is COc1ccc(C(OC)C(C)(C)CCCCC(C)=O)cc1. The van der Waals surface area contributed by atoms with Crippen LogP contribution in [0.3, 0.4) is 0 Å². The molecule has 118 valence electrons. The van der Waals surface area contributed by atoms with E-state index in [0.29, 0.717) is 6.42 Å². The Bertz CT molecular complexity index is 434. The fraction of sp³-hybridized carbons (Fsp3) is 0.611. The minimum absolute atomic E-state index is 0.0279. The maximum Gasteiger partial charge on any atom is 0.129 e. The van der Waals surface area contributed by atoms with Gasteiger partial charge in [-0.1, -0.05) is 32.4 Å². The Hall–Kier alpha value is -1.35. The average Bonchev–Trinajstić information content (AvgIpc) is 2.45. The fourth-order valence-electron chi connectivity index (χ4n) is 2.77. The number of unbranched alkanes of at least 4 members (excludes halogenated alkanes) is 1. The molecule has 0 aliphatic rings. The van der Waals surface area contributed by atoms with Gasteiger partial charge in [-0.3, -0.25) is 0 Å². The van der Waals surface area contributed by atoms with Crippen molar-refractivity contribution < 1.29 is 14.3 Å². The molecule has 0 amide bonds. The summed E-state index contributed by atoms with van der Waals surface area (Å²) in [7, 11) is 3.42. The minimum atomic E-state index is 0.0279. The number of carbonyl (C=O) groups excluding carboxylic acids is 1. The van der Waals surface area contributed by atoms with Gasteiger partial charge in [-0.05, 0) is 42.9 Å². The van der Waals surface area contributed by atoms with E-state index in [1.807, 2.05) is 12.1 Å². The molecule has 0 spiro atoms. The van der Waals surface area contributed by atoms with Gasteiger partial charge in [0.2, 0.25) is 0 Å². The summed E-state index contributed by atoms with van der Waals surface area (Å²) < 4.78 is 10.9. The van der Waals surface area contributed by atoms with Crippen LogP contribution in [-0.2, 0) is 9.53 Å². The Balaban J connectivity index is 2.68. The second kappa shape index (κ2) is 8.18. The fourth-order valence-corrected chi connectivity index (χ4v) is 2.77. The zero-order valence-electron chi connectivity index (χ0n) is 13.9. The van der Waals surface area contributed by atoms with E-state index >= 15 is 0 Å². The molecule has 0 heterocycles. The Labute approximate surface area is 128 Å². The van der Waals surface area contributed by atoms with Crippen LogP contribution in [0, 0.1) is 5.41 Å². The van der Waals surface area contributed by atoms with E-state index in [4.69, 9.17) is 9.47 Å². The summed E-state index contributed by atoms with van der Waals surface area (Å²) in [5.41, 5.74) is 1.19. The van der Waals surface area contributed by atoms with Gasteiger partial charge >= 0.3 is 0 Å². The molecular weight excluding hydrogens is 264 g/mol. The smallest absolute Gasteiger partial charge is 0.129 e. The first-order valence-electron chi connectivity index (χ1n) is 7.57. The van der Waals surface area contributed by atoms with Crippen LogP contribution in [0.15, 0.2) is 24.3 Å². The highest BCUT2D eigenvalue weighted by molar-refractivity contribution is 5.75. The molecule has 0 aliphatic heterocycles. The van der Waals surface area contributed by atoms with Crippen LogP contribution < -0.4 is 4.74 Å². The number of Topliss-reactive ketones (excluding diaryl/α,β-unsaturated/α-hetero) is 1. The molecule has 0 aromatic heterocycles. The van der Waals surface area contributed by atoms with Gasteiger partial charge in [-0.2, -0.15) is 0 Å². The molecule has 1 unspecified atom stereocenters. The summed E-state index contributed by atoms with van der Waals surface area (Å²) >= 11 is 0. The predicted molar refractivity (Wildman–Crippen MR) is 85.7 cm³/mol. The largest absolute Gasteiger partial charge is 0.497 e. The minimum Gasteiger partial charge on any atom is -0.497 e. The van der Waals surface area contributed by atoms with Crippen molar-refractivity contribution in [3.63, 3.8) is 0 Å². The van der Waals surface area contributed by atoms with E-state index in [2.05, 4.69) is 26.0 Å². The molecule has 0 fully saturated rings. The first-order valence-corrected chi connectivity index (χ1v) is 7.57. The zero-order valence-corrected chi connectivity index (χ0v) is 13.9. The molecule has 0 saturated carbocycles. The van der Waals surface area contributed by atoms with Crippen LogP contribution >= 0.6 is 0 Å². The van der Waals surface area contributed by atoms with Crippen LogP contribution in [0.2, 0.25) is 0 Å². The molecule has 3 nitrogen and oxygen atoms in total. The third kappa shape index (κ3) is 5.50. The number of carbonyl (C=O) groups is 1. The maximum atomic E-state index is 11.0. The van der Waals surface area contributed by atoms with Crippen molar-refractivity contribution >= 4 is 5.78 Å². The van der Waals surface area contributed by atoms with E-state index in [-0.39, 0.29) is 17.3 Å². The zero-order chi connectivity index (χ0) is 15.9. The predicted octanol–water partition coefficient (Wildman–Crippen LogP) is 4.56. The number of benzene rings is 1. The molecule has 3 heteroatoms. The number of hydrogen-bond acceptors (Lipinski definition) is 3. The van der Waals surface area contributed by atoms with Crippen LogP contribution in [-0.4, -0.2) is 20.0 Å². The van der Waals surface area contributed by atoms with Crippen LogP contribution in [0.5, 0.6) is 5.75 Å². The quantitative estimate of drug-likeness (QED) is 0.626. The molecule has 21 heavy (non-hydrogen) atoms. The maximum absolute atomic E-state index is 11.0. The molecule has 1 rings (SSSR count). The normalized spacial score (nSPS) is 13.0. The van der Waals surface area contributed by atoms with Gasteiger partial charge in [-0.15, -0.1) is 0 Å². The lowest BCUT2D eigenvalue weighted by Crippen LogP contribution is -2.24. The lowest BCUT2D eigenvalue weighted by atomic mass is 9.78. The van der Waals surface area contributed by atoms with Crippen LogP contribution in [0.25, 0.3) is 0 Å². The van der Waals surface area contributed by atoms with Crippen molar-refractivity contribution in [3.05, 3.63) is 29.8 Å². The molecule has 1 atom stereocenters. The Morgan fingerprint density at radius 1 is 1.14 bits per heavy atom. The topological polar surface area (TPSA) is 35.5 Å². The van der Waals surface area contributed by atoms with Gasteiger partial charge in [0, 0.05) is 13.5 Å². The molecule has 0 saturated heterocycles. The van der Waals surface area contributed by atoms with Gasteiger partial charge < -0.3 is 14.3 Å². The summed E-state index contributed by atoms with van der Waals surface area (Å²) in [4.78, 5) is 11.0. The van der Waals surface area contributed by atoms with Crippen molar-refractivity contribution in [2.24, 2.45) is 5.41 Å². The lowest BCUT2D eigenvalue weighted by Gasteiger charge is -2.34. The molecule has 0 aliphatic carbocycles. The van der Waals surface area contributed by atoms with Crippen molar-refractivity contribution in [3.8, 4) is 5.75 Å². The third-order valence-electron chi connectivity index (χ3n) is 3.96. The second-order valence-electron chi connectivity index (χ2n) is 6.29. The highest BCUT2D eigenvalue weighted by Gasteiger charge is 2.30. The van der Waals surface area contributed by atoms with Gasteiger partial charge in [0.1, 0.15) is 11.5 Å². The molecule has 1 aromatic rings. The highest BCUT2D eigenvalue weighted by Crippen LogP contribution is 2.40. The van der Waals surface area contributed by atoms with Crippen molar-refractivity contribution in [2.45, 2.75) is 52.6 Å². The molecule has 0 radical (unpaired) electrons. The van der Waals surface area contributed by atoms with Crippen LogP contribution in [0.4, 0.5) is 0 Å². The van der Waals surface area contributed by atoms with Crippen molar-refractivity contribution in [1.82, 2.24) is 0 Å². The van der Waals surface area contributed by atoms with Crippen LogP contribution in [0.1, 0.15) is 58.1 Å². The summed E-state index contributed by atoms with van der Waals surface area (Å²) in [6.07, 6.45) is 3.75. The molecular formula is C18H28O3. The van der Waals surface area contributed by atoms with E-state index in [0.717, 1.165) is 30.6 Å². The summed E-state index contributed by atoms with van der Waals surface area (Å²) in [5, 5.41) is 0. The lowest BCUT2D eigenvalue weighted by molar-refractivity contribution is -0.117. The first-order chi connectivity index (χ1) is 9.90. The Kier molecular flexibility index (Phi) is 6.90. The highest BCUT2D eigenvalue weighted by atomic mass is 16.5. The number of ketones is 1. The molecule has 0 N–H and O–H groups in total. The number of rotatable bonds is 9. The monoisotopic (exact) mass is 292 g/mol. The second-order valence-corrected chi connectivity index (χ2v) is 6.29. The van der Waals surface area contributed by atoms with E-state index in [9.17, 15) is 4.79 Å². The van der Waals surface area contributed by atoms with E-state index < -0.39 is 0 Å². The number of ether oxygens (including phenoxy) is 2. The van der Waals surface area contributed by atoms with Gasteiger partial charge in [0.05, 0.1) is 13.2 Å². The van der Waals surface area contributed by atoms with Gasteiger partial charge in [0.15, 0.2) is 0 Å². The first kappa shape index (κ1) is 17.7. The van der Waals surface area contributed by atoms with Gasteiger partial charge in [0.25, 0.3) is 0 Å². The van der Waals surface area contributed by atoms with Crippen molar-refractivity contribution in [2.75, 3.05) is 14.2 Å². The average molecular weight is 292 g/mol. The summed E-state index contributed by atoms with van der Waals surface area (Å²) in [6, 6.07) is 8.05. The van der Waals surface area contributed by atoms with E-state index in [1.165, 1.54) is 0 Å². The summed E-state index contributed by atoms with van der Waals surface area (Å²) in [6.45, 7) is 6.10. The van der Waals surface area contributed by atoms with Gasteiger partial charge in [-0.25, -0.2) is 0 Å². The molecule has 1 aromatic carbocycles. The Morgan fingerprint density at radius 3 is 2.24 bits per heavy atom. The Morgan fingerprint density at radius 2 is 1.76 bits per heavy atom. The van der Waals surface area contributed by atoms with Crippen molar-refractivity contribution in [1.29, 1.82) is 0 Å². The molecule has 0 bridgehead atoms. The van der Waals surface area contributed by atoms with E-state index in [1.54, 1.807) is 21.1 Å². The standard InChI is InChI=1S/C18H28O3/c1-14(19)8-6-7-13-18(2,3)17(21-5)15-9-11-16(20-4)12-10-15/h9-12,17H,6-8,13H2,1-5H3. The number of methoxy groups -OCH3 is 2. The third-order valence-corrected chi connectivity index (χ3v) is 3.96. The summed E-state index contributed by atoms with van der Waals surface area (Å²) in [5.74, 6) is 1.12.